The number of hydrogen-bond acceptors (Lipinski definition) is 2. The van der Waals surface area contributed by atoms with E-state index in [1.807, 2.05) is 24.3 Å². The number of anilines is 1. The van der Waals surface area contributed by atoms with Gasteiger partial charge in [0.2, 0.25) is 0 Å². The first-order valence-corrected chi connectivity index (χ1v) is 5.24. The number of rotatable bonds is 3. The lowest BCUT2D eigenvalue weighted by Crippen LogP contribution is -2.28. The molecule has 14 heavy (non-hydrogen) atoms. The van der Waals surface area contributed by atoms with Gasteiger partial charge in [-0.25, -0.2) is 0 Å². The van der Waals surface area contributed by atoms with E-state index in [0.29, 0.717) is 0 Å². The smallest absolute Gasteiger partial charge is 0.142 e. The third-order valence-electron chi connectivity index (χ3n) is 3.17. The summed E-state index contributed by atoms with van der Waals surface area (Å²) in [5, 5.41) is 0. The lowest BCUT2D eigenvalue weighted by atomic mass is 9.75. The number of nitrogens with two attached hydrogens (primary N) is 1. The summed E-state index contributed by atoms with van der Waals surface area (Å²) in [5.74, 6) is 2.38. The molecule has 2 rings (SSSR count). The van der Waals surface area contributed by atoms with Gasteiger partial charge in [0.1, 0.15) is 5.75 Å². The quantitative estimate of drug-likeness (QED) is 0.745. The maximum absolute atomic E-state index is 5.78. The predicted molar refractivity (Wildman–Crippen MR) is 58.2 cm³/mol. The summed E-state index contributed by atoms with van der Waals surface area (Å²) in [5.41, 5.74) is 6.51. The number of para-hydroxylation sites is 2. The fourth-order valence-electron chi connectivity index (χ4n) is 1.79. The second-order valence-electron chi connectivity index (χ2n) is 4.16. The van der Waals surface area contributed by atoms with Crippen LogP contribution >= 0.6 is 0 Å². The molecule has 0 bridgehead atoms. The summed E-state index contributed by atoms with van der Waals surface area (Å²) in [6.45, 7) is 3.10. The SMILES string of the molecule is C[C@H]1CC[C@H]1COc1ccccc1N. The van der Waals surface area contributed by atoms with Crippen molar-refractivity contribution in [1.29, 1.82) is 0 Å². The van der Waals surface area contributed by atoms with Crippen LogP contribution in [0.4, 0.5) is 5.69 Å². The van der Waals surface area contributed by atoms with Crippen LogP contribution in [-0.2, 0) is 0 Å². The molecule has 1 fully saturated rings. The zero-order chi connectivity index (χ0) is 9.97. The van der Waals surface area contributed by atoms with Crippen molar-refractivity contribution in [2.75, 3.05) is 12.3 Å². The summed E-state index contributed by atoms with van der Waals surface area (Å²) in [6.07, 6.45) is 2.65. The molecule has 1 aliphatic carbocycles. The molecule has 2 nitrogen and oxygen atoms in total. The minimum Gasteiger partial charge on any atom is -0.491 e. The molecular weight excluding hydrogens is 174 g/mol. The Labute approximate surface area is 85.1 Å². The highest BCUT2D eigenvalue weighted by atomic mass is 16.5. The number of ether oxygens (including phenoxy) is 1. The van der Waals surface area contributed by atoms with Crippen molar-refractivity contribution in [1.82, 2.24) is 0 Å². The molecule has 76 valence electrons. The monoisotopic (exact) mass is 191 g/mol. The molecule has 0 amide bonds. The van der Waals surface area contributed by atoms with E-state index in [9.17, 15) is 0 Å². The van der Waals surface area contributed by atoms with Crippen LogP contribution in [0.5, 0.6) is 5.75 Å². The van der Waals surface area contributed by atoms with Gasteiger partial charge in [0.15, 0.2) is 0 Å². The molecule has 1 aliphatic rings. The van der Waals surface area contributed by atoms with Crippen LogP contribution in [0, 0.1) is 11.8 Å². The Bertz CT molecular complexity index is 311. The third-order valence-corrected chi connectivity index (χ3v) is 3.17. The van der Waals surface area contributed by atoms with E-state index in [1.54, 1.807) is 0 Å². The van der Waals surface area contributed by atoms with Gasteiger partial charge in [0.05, 0.1) is 12.3 Å². The second kappa shape index (κ2) is 3.91. The van der Waals surface area contributed by atoms with Crippen LogP contribution in [0.3, 0.4) is 0 Å². The van der Waals surface area contributed by atoms with Crippen LogP contribution in [0.25, 0.3) is 0 Å². The van der Waals surface area contributed by atoms with E-state index in [0.717, 1.165) is 29.9 Å². The largest absolute Gasteiger partial charge is 0.491 e. The van der Waals surface area contributed by atoms with Gasteiger partial charge in [0, 0.05) is 0 Å². The van der Waals surface area contributed by atoms with E-state index in [2.05, 4.69) is 6.92 Å². The predicted octanol–water partition coefficient (Wildman–Crippen LogP) is 2.69. The summed E-state index contributed by atoms with van der Waals surface area (Å²) < 4.78 is 5.69. The lowest BCUT2D eigenvalue weighted by molar-refractivity contribution is 0.117. The standard InChI is InChI=1S/C12H17NO/c1-9-6-7-10(9)8-14-12-5-3-2-4-11(12)13/h2-5,9-10H,6-8,13H2,1H3/t9-,10-/m0/s1. The van der Waals surface area contributed by atoms with Crippen LogP contribution in [-0.4, -0.2) is 6.61 Å². The zero-order valence-electron chi connectivity index (χ0n) is 8.57. The fourth-order valence-corrected chi connectivity index (χ4v) is 1.79. The lowest BCUT2D eigenvalue weighted by Gasteiger charge is -2.33. The summed E-state index contributed by atoms with van der Waals surface area (Å²) in [6, 6.07) is 7.68. The van der Waals surface area contributed by atoms with Crippen LogP contribution < -0.4 is 10.5 Å². The maximum atomic E-state index is 5.78. The molecule has 0 aliphatic heterocycles. The Morgan fingerprint density at radius 3 is 2.71 bits per heavy atom. The molecule has 0 spiro atoms. The van der Waals surface area contributed by atoms with Crippen molar-refractivity contribution < 1.29 is 4.74 Å². The first kappa shape index (κ1) is 9.38. The molecule has 2 atom stereocenters. The van der Waals surface area contributed by atoms with E-state index in [-0.39, 0.29) is 0 Å². The van der Waals surface area contributed by atoms with Crippen LogP contribution in [0.1, 0.15) is 19.8 Å². The fraction of sp³-hybridized carbons (Fsp3) is 0.500. The van der Waals surface area contributed by atoms with Crippen LogP contribution in [0.15, 0.2) is 24.3 Å². The van der Waals surface area contributed by atoms with Crippen LogP contribution in [0.2, 0.25) is 0 Å². The maximum Gasteiger partial charge on any atom is 0.142 e. The van der Waals surface area contributed by atoms with Gasteiger partial charge in [0.25, 0.3) is 0 Å². The first-order valence-electron chi connectivity index (χ1n) is 5.24. The van der Waals surface area contributed by atoms with Crippen molar-refractivity contribution in [3.05, 3.63) is 24.3 Å². The molecular formula is C12H17NO. The topological polar surface area (TPSA) is 35.2 Å². The molecule has 2 heteroatoms. The third kappa shape index (κ3) is 1.84. The van der Waals surface area contributed by atoms with Gasteiger partial charge in [-0.05, 0) is 36.8 Å². The molecule has 2 N–H and O–H groups in total. The Morgan fingerprint density at radius 1 is 1.36 bits per heavy atom. The molecule has 0 radical (unpaired) electrons. The summed E-state index contributed by atoms with van der Waals surface area (Å²) >= 11 is 0. The van der Waals surface area contributed by atoms with Gasteiger partial charge in [-0.2, -0.15) is 0 Å². The summed E-state index contributed by atoms with van der Waals surface area (Å²) in [7, 11) is 0. The number of nitrogen functional groups attached to an aromatic ring is 1. The van der Waals surface area contributed by atoms with Gasteiger partial charge < -0.3 is 10.5 Å². The van der Waals surface area contributed by atoms with Gasteiger partial charge in [-0.1, -0.05) is 19.1 Å². The molecule has 1 saturated carbocycles. The summed E-state index contributed by atoms with van der Waals surface area (Å²) in [4.78, 5) is 0. The molecule has 0 heterocycles. The Morgan fingerprint density at radius 2 is 2.14 bits per heavy atom. The van der Waals surface area contributed by atoms with E-state index in [4.69, 9.17) is 10.5 Å². The van der Waals surface area contributed by atoms with Crippen molar-refractivity contribution in [3.63, 3.8) is 0 Å². The highest BCUT2D eigenvalue weighted by Gasteiger charge is 2.27. The van der Waals surface area contributed by atoms with E-state index < -0.39 is 0 Å². The minimum absolute atomic E-state index is 0.731. The molecule has 1 aromatic carbocycles. The number of benzene rings is 1. The van der Waals surface area contributed by atoms with Gasteiger partial charge in [-0.3, -0.25) is 0 Å². The highest BCUT2D eigenvalue weighted by molar-refractivity contribution is 5.51. The molecule has 1 aromatic rings. The second-order valence-corrected chi connectivity index (χ2v) is 4.16. The number of hydrogen-bond donors (Lipinski definition) is 1. The minimum atomic E-state index is 0.731. The van der Waals surface area contributed by atoms with Crippen molar-refractivity contribution in [2.45, 2.75) is 19.8 Å². The zero-order valence-corrected chi connectivity index (χ0v) is 8.57. The highest BCUT2D eigenvalue weighted by Crippen LogP contribution is 2.34. The van der Waals surface area contributed by atoms with Gasteiger partial charge >= 0.3 is 0 Å². The molecule has 0 unspecified atom stereocenters. The van der Waals surface area contributed by atoms with E-state index >= 15 is 0 Å². The normalized spacial score (nSPS) is 25.5. The van der Waals surface area contributed by atoms with Crippen molar-refractivity contribution >= 4 is 5.69 Å². The Kier molecular flexibility index (Phi) is 2.62. The first-order chi connectivity index (χ1) is 6.77. The molecule has 0 aromatic heterocycles. The Hall–Kier alpha value is -1.18. The van der Waals surface area contributed by atoms with E-state index in [1.165, 1.54) is 12.8 Å². The van der Waals surface area contributed by atoms with Gasteiger partial charge in [-0.15, -0.1) is 0 Å². The average molecular weight is 191 g/mol. The van der Waals surface area contributed by atoms with Crippen molar-refractivity contribution in [3.8, 4) is 5.75 Å². The van der Waals surface area contributed by atoms with Crippen molar-refractivity contribution in [2.24, 2.45) is 11.8 Å². The Balaban J connectivity index is 1.88. The average Bonchev–Trinajstić information content (AvgIpc) is 2.19. The molecule has 0 saturated heterocycles.